The first-order chi connectivity index (χ1) is 4.68. The van der Waals surface area contributed by atoms with Crippen LogP contribution in [0.15, 0.2) is 11.4 Å². The van der Waals surface area contributed by atoms with Gasteiger partial charge in [0.25, 0.3) is 0 Å². The van der Waals surface area contributed by atoms with Crippen molar-refractivity contribution in [3.63, 3.8) is 0 Å². The van der Waals surface area contributed by atoms with Gasteiger partial charge >= 0.3 is 0 Å². The molecule has 0 aliphatic carbocycles. The highest BCUT2D eigenvalue weighted by Crippen LogP contribution is 2.20. The summed E-state index contributed by atoms with van der Waals surface area (Å²) in [5.41, 5.74) is 0. The van der Waals surface area contributed by atoms with Crippen LogP contribution in [0.5, 0.6) is 0 Å². The zero-order valence-electron chi connectivity index (χ0n) is 5.67. The maximum absolute atomic E-state index is 8.98. The smallest absolute Gasteiger partial charge is 0.0560 e. The van der Waals surface area contributed by atoms with Crippen molar-refractivity contribution in [3.05, 3.63) is 21.3 Å². The van der Waals surface area contributed by atoms with E-state index in [9.17, 15) is 0 Å². The monoisotopic (exact) mass is 176 g/mol. The van der Waals surface area contributed by atoms with E-state index in [-0.39, 0.29) is 6.10 Å². The molecule has 0 saturated heterocycles. The lowest BCUT2D eigenvalue weighted by Gasteiger charge is -1.98. The van der Waals surface area contributed by atoms with Crippen molar-refractivity contribution in [3.8, 4) is 0 Å². The van der Waals surface area contributed by atoms with E-state index in [1.807, 2.05) is 11.4 Å². The van der Waals surface area contributed by atoms with Crippen LogP contribution >= 0.6 is 22.9 Å². The molecule has 0 amide bonds. The summed E-state index contributed by atoms with van der Waals surface area (Å²) in [5, 5.41) is 11.6. The highest BCUT2D eigenvalue weighted by Gasteiger charge is 2.00. The van der Waals surface area contributed by atoms with Gasteiger partial charge in [0.05, 0.1) is 11.1 Å². The van der Waals surface area contributed by atoms with Crippen LogP contribution in [0.1, 0.15) is 11.8 Å². The molecule has 1 rings (SSSR count). The first kappa shape index (κ1) is 8.05. The molecule has 0 spiro atoms. The molecule has 1 nitrogen and oxygen atoms in total. The largest absolute Gasteiger partial charge is 0.393 e. The lowest BCUT2D eigenvalue weighted by Crippen LogP contribution is -2.01. The number of hydrogen-bond acceptors (Lipinski definition) is 2. The molecule has 1 heterocycles. The van der Waals surface area contributed by atoms with E-state index in [0.717, 1.165) is 9.90 Å². The Morgan fingerprint density at radius 2 is 2.50 bits per heavy atom. The molecule has 56 valence electrons. The third-order valence-corrected chi connectivity index (χ3v) is 2.43. The summed E-state index contributed by atoms with van der Waals surface area (Å²) < 4.78 is 0. The van der Waals surface area contributed by atoms with Crippen LogP contribution in [0, 0.1) is 0 Å². The summed E-state index contributed by atoms with van der Waals surface area (Å²) in [4.78, 5) is 1.14. The second-order valence-electron chi connectivity index (χ2n) is 2.28. The van der Waals surface area contributed by atoms with Gasteiger partial charge in [-0.05, 0) is 13.0 Å². The highest BCUT2D eigenvalue weighted by atomic mass is 35.5. The maximum atomic E-state index is 8.98. The zero-order chi connectivity index (χ0) is 7.56. The van der Waals surface area contributed by atoms with Crippen LogP contribution in [0.2, 0.25) is 5.02 Å². The van der Waals surface area contributed by atoms with E-state index >= 15 is 0 Å². The van der Waals surface area contributed by atoms with Gasteiger partial charge in [0.2, 0.25) is 0 Å². The van der Waals surface area contributed by atoms with Crippen LogP contribution < -0.4 is 0 Å². The van der Waals surface area contributed by atoms with Gasteiger partial charge in [-0.2, -0.15) is 0 Å². The Kier molecular flexibility index (Phi) is 2.72. The lowest BCUT2D eigenvalue weighted by atomic mass is 10.2. The average Bonchev–Trinajstić information content (AvgIpc) is 2.13. The van der Waals surface area contributed by atoms with E-state index in [2.05, 4.69) is 0 Å². The molecule has 0 aliphatic heterocycles. The van der Waals surface area contributed by atoms with Gasteiger partial charge in [0.1, 0.15) is 0 Å². The molecule has 1 aromatic heterocycles. The molecule has 10 heavy (non-hydrogen) atoms. The molecule has 0 radical (unpaired) electrons. The zero-order valence-corrected chi connectivity index (χ0v) is 7.25. The molecular weight excluding hydrogens is 168 g/mol. The predicted molar refractivity (Wildman–Crippen MR) is 44.7 cm³/mol. The van der Waals surface area contributed by atoms with E-state index in [4.69, 9.17) is 16.7 Å². The van der Waals surface area contributed by atoms with Crippen molar-refractivity contribution in [1.29, 1.82) is 0 Å². The molecule has 0 aliphatic rings. The minimum absolute atomic E-state index is 0.269. The molecule has 1 atom stereocenters. The summed E-state index contributed by atoms with van der Waals surface area (Å²) in [7, 11) is 0. The van der Waals surface area contributed by atoms with Gasteiger partial charge in [-0.25, -0.2) is 0 Å². The molecule has 0 aromatic carbocycles. The molecular formula is C7H9ClOS. The molecule has 0 fully saturated rings. The minimum atomic E-state index is -0.269. The normalized spacial score (nSPS) is 13.5. The van der Waals surface area contributed by atoms with Crippen molar-refractivity contribution >= 4 is 22.9 Å². The summed E-state index contributed by atoms with van der Waals surface area (Å²) in [5.74, 6) is 0. The third kappa shape index (κ3) is 2.29. The fourth-order valence-corrected chi connectivity index (χ4v) is 1.95. The Morgan fingerprint density at radius 3 is 2.90 bits per heavy atom. The van der Waals surface area contributed by atoms with E-state index in [1.165, 1.54) is 0 Å². The third-order valence-electron chi connectivity index (χ3n) is 1.12. The Bertz CT molecular complexity index is 207. The first-order valence-electron chi connectivity index (χ1n) is 3.09. The van der Waals surface area contributed by atoms with Crippen LogP contribution in [-0.4, -0.2) is 11.2 Å². The van der Waals surface area contributed by atoms with Gasteiger partial charge in [0.15, 0.2) is 0 Å². The van der Waals surface area contributed by atoms with E-state index < -0.39 is 0 Å². The van der Waals surface area contributed by atoms with E-state index in [0.29, 0.717) is 6.42 Å². The van der Waals surface area contributed by atoms with Crippen LogP contribution in [0.25, 0.3) is 0 Å². The molecule has 1 aromatic rings. The Labute approximate surface area is 69.3 Å². The fourth-order valence-electron chi connectivity index (χ4n) is 0.752. The standard InChI is InChI=1S/C7H9ClOS/c1-5(9)2-7-3-6(8)4-10-7/h3-5,9H,2H2,1H3/t5-/m1/s1. The lowest BCUT2D eigenvalue weighted by molar-refractivity contribution is 0.196. The number of rotatable bonds is 2. The number of hydrogen-bond donors (Lipinski definition) is 1. The molecule has 0 saturated carbocycles. The minimum Gasteiger partial charge on any atom is -0.393 e. The van der Waals surface area contributed by atoms with Gasteiger partial charge in [-0.15, -0.1) is 11.3 Å². The predicted octanol–water partition coefficient (Wildman–Crippen LogP) is 2.32. The van der Waals surface area contributed by atoms with Crippen LogP contribution in [-0.2, 0) is 6.42 Å². The first-order valence-corrected chi connectivity index (χ1v) is 4.35. The number of aliphatic hydroxyl groups excluding tert-OH is 1. The number of thiophene rings is 1. The second kappa shape index (κ2) is 3.37. The average molecular weight is 177 g/mol. The quantitative estimate of drug-likeness (QED) is 0.734. The highest BCUT2D eigenvalue weighted by molar-refractivity contribution is 7.10. The summed E-state index contributed by atoms with van der Waals surface area (Å²) >= 11 is 7.26. The number of aliphatic hydroxyl groups is 1. The molecule has 0 unspecified atom stereocenters. The Balaban J connectivity index is 2.58. The van der Waals surface area contributed by atoms with E-state index in [1.54, 1.807) is 18.3 Å². The molecule has 0 bridgehead atoms. The van der Waals surface area contributed by atoms with Crippen LogP contribution in [0.3, 0.4) is 0 Å². The maximum Gasteiger partial charge on any atom is 0.0560 e. The van der Waals surface area contributed by atoms with Crippen molar-refractivity contribution in [1.82, 2.24) is 0 Å². The fraction of sp³-hybridized carbons (Fsp3) is 0.429. The summed E-state index contributed by atoms with van der Waals surface area (Å²) in [6, 6.07) is 1.89. The SMILES string of the molecule is C[C@@H](O)Cc1cc(Cl)cs1. The summed E-state index contributed by atoms with van der Waals surface area (Å²) in [6.45, 7) is 1.77. The van der Waals surface area contributed by atoms with Gasteiger partial charge in [-0.1, -0.05) is 11.6 Å². The summed E-state index contributed by atoms with van der Waals surface area (Å²) in [6.07, 6.45) is 0.437. The second-order valence-corrected chi connectivity index (χ2v) is 3.72. The topological polar surface area (TPSA) is 20.2 Å². The van der Waals surface area contributed by atoms with Crippen molar-refractivity contribution < 1.29 is 5.11 Å². The van der Waals surface area contributed by atoms with Crippen molar-refractivity contribution in [2.75, 3.05) is 0 Å². The molecule has 3 heteroatoms. The van der Waals surface area contributed by atoms with Gasteiger partial charge in [-0.3, -0.25) is 0 Å². The van der Waals surface area contributed by atoms with Gasteiger partial charge < -0.3 is 5.11 Å². The Hall–Kier alpha value is -0.0500. The van der Waals surface area contributed by atoms with Gasteiger partial charge in [0, 0.05) is 16.7 Å². The Morgan fingerprint density at radius 1 is 1.80 bits per heavy atom. The van der Waals surface area contributed by atoms with Crippen molar-refractivity contribution in [2.45, 2.75) is 19.4 Å². The van der Waals surface area contributed by atoms with Crippen molar-refractivity contribution in [2.24, 2.45) is 0 Å². The molecule has 1 N–H and O–H groups in total. The van der Waals surface area contributed by atoms with Crippen LogP contribution in [0.4, 0.5) is 0 Å². The number of halogens is 1.